The third-order valence-electron chi connectivity index (χ3n) is 3.42. The van der Waals surface area contributed by atoms with E-state index in [1.165, 1.54) is 0 Å². The first kappa shape index (κ1) is 15.0. The van der Waals surface area contributed by atoms with Crippen molar-refractivity contribution in [2.75, 3.05) is 46.4 Å². The largest absolute Gasteiger partial charge is 0.380 e. The first-order chi connectivity index (χ1) is 9.79. The summed E-state index contributed by atoms with van der Waals surface area (Å²) in [6.07, 6.45) is 0. The summed E-state index contributed by atoms with van der Waals surface area (Å²) >= 11 is 0. The molecule has 5 nitrogen and oxygen atoms in total. The number of benzene rings is 1. The fraction of sp³-hybridized carbons (Fsp3) is 0.533. The molecular formula is C15H23N3O2. The minimum absolute atomic E-state index is 0.0157. The molecule has 5 heteroatoms. The number of hydrogen-bond acceptors (Lipinski definition) is 4. The summed E-state index contributed by atoms with van der Waals surface area (Å²) in [5, 5.41) is 6.29. The van der Waals surface area contributed by atoms with E-state index in [1.807, 2.05) is 24.3 Å². The lowest BCUT2D eigenvalue weighted by molar-refractivity contribution is 0.0947. The number of carbonyl (C=O) groups excluding carboxylic acids is 1. The van der Waals surface area contributed by atoms with Gasteiger partial charge in [-0.25, -0.2) is 0 Å². The summed E-state index contributed by atoms with van der Waals surface area (Å²) in [6, 6.07) is 7.56. The number of piperazine rings is 1. The van der Waals surface area contributed by atoms with Crippen molar-refractivity contribution in [2.45, 2.75) is 6.61 Å². The smallest absolute Gasteiger partial charge is 0.251 e. The van der Waals surface area contributed by atoms with Crippen molar-refractivity contribution >= 4 is 5.91 Å². The van der Waals surface area contributed by atoms with E-state index in [0.717, 1.165) is 38.3 Å². The maximum absolute atomic E-state index is 12.1. The number of hydrogen-bond donors (Lipinski definition) is 2. The standard InChI is InChI=1S/C15H23N3O2/c1-20-12-13-3-2-4-14(11-13)15(19)17-7-10-18-8-5-16-6-9-18/h2-4,11,16H,5-10,12H2,1H3,(H,17,19). The lowest BCUT2D eigenvalue weighted by atomic mass is 10.1. The van der Waals surface area contributed by atoms with Crippen molar-refractivity contribution in [2.24, 2.45) is 0 Å². The van der Waals surface area contributed by atoms with E-state index in [9.17, 15) is 4.79 Å². The Morgan fingerprint density at radius 2 is 2.20 bits per heavy atom. The van der Waals surface area contributed by atoms with Crippen LogP contribution in [-0.4, -0.2) is 57.2 Å². The Balaban J connectivity index is 1.77. The zero-order valence-electron chi connectivity index (χ0n) is 12.0. The van der Waals surface area contributed by atoms with Gasteiger partial charge in [-0.05, 0) is 17.7 Å². The molecular weight excluding hydrogens is 254 g/mol. The topological polar surface area (TPSA) is 53.6 Å². The molecule has 2 rings (SSSR count). The van der Waals surface area contributed by atoms with Crippen molar-refractivity contribution in [3.8, 4) is 0 Å². The Kier molecular flexibility index (Phi) is 5.98. The molecule has 1 saturated heterocycles. The zero-order chi connectivity index (χ0) is 14.2. The fourth-order valence-electron chi connectivity index (χ4n) is 2.33. The van der Waals surface area contributed by atoms with E-state index in [1.54, 1.807) is 7.11 Å². The van der Waals surface area contributed by atoms with Crippen LogP contribution < -0.4 is 10.6 Å². The van der Waals surface area contributed by atoms with Gasteiger partial charge in [0.25, 0.3) is 5.91 Å². The lowest BCUT2D eigenvalue weighted by Gasteiger charge is -2.27. The second kappa shape index (κ2) is 7.99. The Morgan fingerprint density at radius 1 is 1.40 bits per heavy atom. The van der Waals surface area contributed by atoms with Crippen molar-refractivity contribution < 1.29 is 9.53 Å². The number of amides is 1. The van der Waals surface area contributed by atoms with E-state index in [-0.39, 0.29) is 5.91 Å². The molecule has 0 radical (unpaired) electrons. The monoisotopic (exact) mass is 277 g/mol. The minimum Gasteiger partial charge on any atom is -0.380 e. The van der Waals surface area contributed by atoms with Crippen LogP contribution in [-0.2, 0) is 11.3 Å². The molecule has 1 fully saturated rings. The zero-order valence-corrected chi connectivity index (χ0v) is 12.0. The van der Waals surface area contributed by atoms with E-state index in [0.29, 0.717) is 18.7 Å². The van der Waals surface area contributed by atoms with Gasteiger partial charge in [-0.3, -0.25) is 9.69 Å². The van der Waals surface area contributed by atoms with Crippen LogP contribution in [0.3, 0.4) is 0 Å². The molecule has 1 amide bonds. The molecule has 1 aliphatic rings. The maximum Gasteiger partial charge on any atom is 0.251 e. The van der Waals surface area contributed by atoms with Gasteiger partial charge in [-0.15, -0.1) is 0 Å². The summed E-state index contributed by atoms with van der Waals surface area (Å²) in [7, 11) is 1.65. The number of carbonyl (C=O) groups is 1. The van der Waals surface area contributed by atoms with Crippen molar-refractivity contribution in [3.05, 3.63) is 35.4 Å². The summed E-state index contributed by atoms with van der Waals surface area (Å²) in [6.45, 7) is 6.30. The highest BCUT2D eigenvalue weighted by atomic mass is 16.5. The number of rotatable bonds is 6. The summed E-state index contributed by atoms with van der Waals surface area (Å²) in [4.78, 5) is 14.4. The van der Waals surface area contributed by atoms with Crippen LogP contribution in [0.25, 0.3) is 0 Å². The highest BCUT2D eigenvalue weighted by Crippen LogP contribution is 2.06. The normalized spacial score (nSPS) is 16.1. The molecule has 1 heterocycles. The quantitative estimate of drug-likeness (QED) is 0.793. The van der Waals surface area contributed by atoms with Crippen LogP contribution >= 0.6 is 0 Å². The SMILES string of the molecule is COCc1cccc(C(=O)NCCN2CCNCC2)c1. The predicted octanol–water partition coefficient (Wildman–Crippen LogP) is 0.468. The van der Waals surface area contributed by atoms with Crippen LogP contribution in [0.2, 0.25) is 0 Å². The Morgan fingerprint density at radius 3 is 2.95 bits per heavy atom. The molecule has 1 aliphatic heterocycles. The van der Waals surface area contributed by atoms with Gasteiger partial charge < -0.3 is 15.4 Å². The van der Waals surface area contributed by atoms with Gasteiger partial charge in [0.2, 0.25) is 0 Å². The molecule has 0 aromatic heterocycles. The van der Waals surface area contributed by atoms with Crippen molar-refractivity contribution in [1.82, 2.24) is 15.5 Å². The lowest BCUT2D eigenvalue weighted by Crippen LogP contribution is -2.46. The number of nitrogens with zero attached hydrogens (tertiary/aromatic N) is 1. The van der Waals surface area contributed by atoms with Crippen LogP contribution in [0.4, 0.5) is 0 Å². The molecule has 0 unspecified atom stereocenters. The van der Waals surface area contributed by atoms with Crippen LogP contribution in [0.15, 0.2) is 24.3 Å². The molecule has 1 aromatic carbocycles. The fourth-order valence-corrected chi connectivity index (χ4v) is 2.33. The van der Waals surface area contributed by atoms with Gasteiger partial charge in [-0.2, -0.15) is 0 Å². The average Bonchev–Trinajstić information content (AvgIpc) is 2.49. The Hall–Kier alpha value is -1.43. The summed E-state index contributed by atoms with van der Waals surface area (Å²) < 4.78 is 5.08. The van der Waals surface area contributed by atoms with Gasteiger partial charge >= 0.3 is 0 Å². The van der Waals surface area contributed by atoms with Gasteiger partial charge in [0.1, 0.15) is 0 Å². The van der Waals surface area contributed by atoms with Crippen molar-refractivity contribution in [3.63, 3.8) is 0 Å². The van der Waals surface area contributed by atoms with Gasteiger partial charge in [0, 0.05) is 51.9 Å². The van der Waals surface area contributed by atoms with E-state index in [2.05, 4.69) is 15.5 Å². The van der Waals surface area contributed by atoms with E-state index < -0.39 is 0 Å². The number of methoxy groups -OCH3 is 1. The van der Waals surface area contributed by atoms with Gasteiger partial charge in [-0.1, -0.05) is 12.1 Å². The van der Waals surface area contributed by atoms with Crippen LogP contribution in [0.5, 0.6) is 0 Å². The molecule has 0 atom stereocenters. The van der Waals surface area contributed by atoms with E-state index >= 15 is 0 Å². The van der Waals surface area contributed by atoms with Crippen LogP contribution in [0, 0.1) is 0 Å². The molecule has 0 saturated carbocycles. The predicted molar refractivity (Wildman–Crippen MR) is 78.8 cm³/mol. The van der Waals surface area contributed by atoms with Crippen molar-refractivity contribution in [1.29, 1.82) is 0 Å². The highest BCUT2D eigenvalue weighted by molar-refractivity contribution is 5.94. The van der Waals surface area contributed by atoms with Gasteiger partial charge in [0.15, 0.2) is 0 Å². The van der Waals surface area contributed by atoms with E-state index in [4.69, 9.17) is 4.74 Å². The number of ether oxygens (including phenoxy) is 1. The molecule has 0 aliphatic carbocycles. The summed E-state index contributed by atoms with van der Waals surface area (Å²) in [5.41, 5.74) is 1.71. The maximum atomic E-state index is 12.1. The molecule has 20 heavy (non-hydrogen) atoms. The van der Waals surface area contributed by atoms with Gasteiger partial charge in [0.05, 0.1) is 6.61 Å². The first-order valence-corrected chi connectivity index (χ1v) is 7.09. The second-order valence-electron chi connectivity index (χ2n) is 4.98. The third-order valence-corrected chi connectivity index (χ3v) is 3.42. The second-order valence-corrected chi connectivity index (χ2v) is 4.98. The average molecular weight is 277 g/mol. The highest BCUT2D eigenvalue weighted by Gasteiger charge is 2.10. The Bertz CT molecular complexity index is 431. The minimum atomic E-state index is -0.0157. The third kappa shape index (κ3) is 4.59. The molecule has 1 aromatic rings. The first-order valence-electron chi connectivity index (χ1n) is 7.09. The molecule has 110 valence electrons. The molecule has 0 bridgehead atoms. The molecule has 0 spiro atoms. The Labute approximate surface area is 120 Å². The molecule has 2 N–H and O–H groups in total. The summed E-state index contributed by atoms with van der Waals surface area (Å²) in [5.74, 6) is -0.0157. The van der Waals surface area contributed by atoms with Crippen LogP contribution in [0.1, 0.15) is 15.9 Å². The number of nitrogens with one attached hydrogen (secondary N) is 2.